The second-order valence-electron chi connectivity index (χ2n) is 8.40. The third-order valence-corrected chi connectivity index (χ3v) is 6.60. The minimum atomic E-state index is -0.711. The van der Waals surface area contributed by atoms with Gasteiger partial charge in [-0.05, 0) is 54.2 Å². The molecule has 0 amide bonds. The van der Waals surface area contributed by atoms with E-state index in [4.69, 9.17) is 25.7 Å². The summed E-state index contributed by atoms with van der Waals surface area (Å²) in [6.45, 7) is 4.57. The van der Waals surface area contributed by atoms with Gasteiger partial charge < -0.3 is 25.7 Å². The van der Waals surface area contributed by atoms with Crippen molar-refractivity contribution in [3.8, 4) is 11.1 Å². The van der Waals surface area contributed by atoms with Gasteiger partial charge in [-0.15, -0.1) is 5.69 Å². The maximum absolute atomic E-state index is 13.5. The van der Waals surface area contributed by atoms with Crippen LogP contribution in [0.4, 0.5) is 11.4 Å². The molecule has 2 aliphatic rings. The highest BCUT2D eigenvalue weighted by Crippen LogP contribution is 2.50. The number of anilines is 1. The molecule has 0 aromatic heterocycles. The quantitative estimate of drug-likeness (QED) is 0.667. The molecule has 6 nitrogen and oxygen atoms in total. The highest BCUT2D eigenvalue weighted by atomic mass is 16.6. The molecule has 2 heterocycles. The number of nitrogen functional groups attached to an aromatic ring is 1. The lowest BCUT2D eigenvalue weighted by Gasteiger charge is -2.36. The molecule has 4 rings (SSSR count). The summed E-state index contributed by atoms with van der Waals surface area (Å²) >= 11 is 0. The Labute approximate surface area is 183 Å². The Balaban J connectivity index is 1.91. The number of hydrogen-bond acceptors (Lipinski definition) is 5. The van der Waals surface area contributed by atoms with Crippen LogP contribution in [0.3, 0.4) is 0 Å². The minimum absolute atomic E-state index is 0.0385. The van der Waals surface area contributed by atoms with Crippen molar-refractivity contribution in [2.24, 2.45) is 5.92 Å². The second-order valence-corrected chi connectivity index (χ2v) is 8.40. The van der Waals surface area contributed by atoms with Gasteiger partial charge >= 0.3 is 0 Å². The van der Waals surface area contributed by atoms with Gasteiger partial charge in [0.1, 0.15) is 17.5 Å². The molecule has 2 aliphatic heterocycles. The summed E-state index contributed by atoms with van der Waals surface area (Å²) in [5.41, 5.74) is 18.2. The van der Waals surface area contributed by atoms with E-state index >= 15 is 0 Å². The van der Waals surface area contributed by atoms with Crippen molar-refractivity contribution >= 4 is 22.7 Å². The number of hydrogen-bond donors (Lipinski definition) is 1. The molecule has 0 aliphatic carbocycles. The van der Waals surface area contributed by atoms with Crippen LogP contribution >= 0.6 is 0 Å². The Kier molecular flexibility index (Phi) is 5.54. The molecule has 1 unspecified atom stereocenters. The number of Topliss-reactive ketones (excluding diaryl/α,β-unsaturated/α-hetero) is 1. The van der Waals surface area contributed by atoms with E-state index in [2.05, 4.69) is 13.0 Å². The lowest BCUT2D eigenvalue weighted by Crippen LogP contribution is -2.42. The standard InChI is InChI=1S/C25H29N2O4/c1-5-14-6-7-15(16-8-9-19(26)20(27)11-16)10-18(14)22-23(28)21-12-17(13-29-3)25(2,31-21)24(22)30-4/h6-11,17,21,26H,5,12-13,27H2,1-4H3/q-1/t17?,21-,25+/m0/s1. The van der Waals surface area contributed by atoms with Crippen LogP contribution < -0.4 is 5.73 Å². The number of nitrogens with one attached hydrogen (secondary N) is 1. The molecule has 0 spiro atoms. The van der Waals surface area contributed by atoms with E-state index in [0.717, 1.165) is 28.7 Å². The topological polar surface area (TPSA) is 94.6 Å². The number of methoxy groups -OCH3 is 2. The highest BCUT2D eigenvalue weighted by Gasteiger charge is 2.56. The van der Waals surface area contributed by atoms with Crippen molar-refractivity contribution < 1.29 is 19.0 Å². The van der Waals surface area contributed by atoms with E-state index in [1.165, 1.54) is 0 Å². The molecule has 3 atom stereocenters. The zero-order valence-electron chi connectivity index (χ0n) is 18.5. The number of rotatable bonds is 6. The van der Waals surface area contributed by atoms with Crippen LogP contribution in [0, 0.1) is 5.92 Å². The summed E-state index contributed by atoms with van der Waals surface area (Å²) in [4.78, 5) is 13.5. The summed E-state index contributed by atoms with van der Waals surface area (Å²) in [6.07, 6.45) is 0.897. The molecule has 164 valence electrons. The predicted octanol–water partition coefficient (Wildman–Crippen LogP) is 4.93. The fourth-order valence-corrected chi connectivity index (χ4v) is 4.87. The Hall–Kier alpha value is -2.83. The smallest absolute Gasteiger partial charge is 0.195 e. The fourth-order valence-electron chi connectivity index (χ4n) is 4.87. The zero-order valence-corrected chi connectivity index (χ0v) is 18.5. The Morgan fingerprint density at radius 1 is 1.19 bits per heavy atom. The Morgan fingerprint density at radius 3 is 2.55 bits per heavy atom. The average molecular weight is 422 g/mol. The number of benzene rings is 2. The van der Waals surface area contributed by atoms with Crippen LogP contribution in [0.25, 0.3) is 22.4 Å². The molecule has 2 aromatic carbocycles. The first-order chi connectivity index (χ1) is 14.8. The highest BCUT2D eigenvalue weighted by molar-refractivity contribution is 6.25. The third kappa shape index (κ3) is 3.40. The van der Waals surface area contributed by atoms with E-state index in [9.17, 15) is 4.79 Å². The predicted molar refractivity (Wildman–Crippen MR) is 122 cm³/mol. The summed E-state index contributed by atoms with van der Waals surface area (Å²) in [5, 5.41) is 0. The summed E-state index contributed by atoms with van der Waals surface area (Å²) < 4.78 is 17.5. The zero-order chi connectivity index (χ0) is 22.3. The molecule has 0 saturated carbocycles. The van der Waals surface area contributed by atoms with Gasteiger partial charge in [-0.3, -0.25) is 4.79 Å². The van der Waals surface area contributed by atoms with Gasteiger partial charge in [0, 0.05) is 18.7 Å². The van der Waals surface area contributed by atoms with Gasteiger partial charge in [-0.2, -0.15) is 0 Å². The van der Waals surface area contributed by atoms with Crippen LogP contribution in [0.2, 0.25) is 0 Å². The van der Waals surface area contributed by atoms with Gasteiger partial charge in [0.2, 0.25) is 0 Å². The molecular formula is C25H29N2O4-. The number of ketones is 1. The molecule has 2 aromatic rings. The number of aryl methyl sites for hydroxylation is 1. The third-order valence-electron chi connectivity index (χ3n) is 6.60. The van der Waals surface area contributed by atoms with Crippen LogP contribution in [0.5, 0.6) is 0 Å². The minimum Gasteiger partial charge on any atom is -0.697 e. The van der Waals surface area contributed by atoms with E-state index in [0.29, 0.717) is 35.7 Å². The van der Waals surface area contributed by atoms with E-state index < -0.39 is 11.7 Å². The first-order valence-electron chi connectivity index (χ1n) is 10.6. The van der Waals surface area contributed by atoms with E-state index in [1.54, 1.807) is 26.4 Å². The monoisotopic (exact) mass is 421 g/mol. The van der Waals surface area contributed by atoms with Crippen molar-refractivity contribution in [2.75, 3.05) is 26.6 Å². The SMILES string of the molecule is CCc1ccc(-c2ccc([NH-])c(N)c2)cc1C1=C(OC)[C@]2(C)O[C@@H](CC2COC)C1=O. The lowest BCUT2D eigenvalue weighted by atomic mass is 9.84. The average Bonchev–Trinajstić information content (AvgIpc) is 3.06. The molecule has 6 heteroatoms. The fraction of sp³-hybridized carbons (Fsp3) is 0.400. The normalized spacial score (nSPS) is 25.2. The molecule has 2 bridgehead atoms. The first-order valence-corrected chi connectivity index (χ1v) is 10.6. The molecule has 3 N–H and O–H groups in total. The summed E-state index contributed by atoms with van der Waals surface area (Å²) in [7, 11) is 3.26. The maximum Gasteiger partial charge on any atom is 0.195 e. The van der Waals surface area contributed by atoms with Crippen LogP contribution in [-0.2, 0) is 25.4 Å². The molecule has 1 saturated heterocycles. The number of fused-ring (bicyclic) bond motifs is 2. The van der Waals surface area contributed by atoms with Gasteiger partial charge in [-0.1, -0.05) is 31.2 Å². The van der Waals surface area contributed by atoms with E-state index in [1.807, 2.05) is 25.1 Å². The Bertz CT molecular complexity index is 1060. The van der Waals surface area contributed by atoms with Gasteiger partial charge in [0.15, 0.2) is 5.78 Å². The van der Waals surface area contributed by atoms with Crippen LogP contribution in [-0.4, -0.2) is 38.3 Å². The molecular weight excluding hydrogens is 392 g/mol. The lowest BCUT2D eigenvalue weighted by molar-refractivity contribution is -0.133. The number of carbonyl (C=O) groups is 1. The second kappa shape index (κ2) is 8.02. The number of carbonyl (C=O) groups excluding carboxylic acids is 1. The van der Waals surface area contributed by atoms with Crippen molar-refractivity contribution in [3.05, 3.63) is 59.0 Å². The van der Waals surface area contributed by atoms with Crippen molar-refractivity contribution in [1.29, 1.82) is 0 Å². The largest absolute Gasteiger partial charge is 0.697 e. The number of nitrogens with two attached hydrogens (primary N) is 1. The molecule has 1 fully saturated rings. The Morgan fingerprint density at radius 2 is 1.90 bits per heavy atom. The van der Waals surface area contributed by atoms with Crippen LogP contribution in [0.1, 0.15) is 31.4 Å². The number of ether oxygens (including phenoxy) is 3. The molecule has 0 radical (unpaired) electrons. The van der Waals surface area contributed by atoms with Crippen LogP contribution in [0.15, 0.2) is 42.2 Å². The summed E-state index contributed by atoms with van der Waals surface area (Å²) in [6, 6.07) is 11.5. The van der Waals surface area contributed by atoms with Gasteiger partial charge in [0.25, 0.3) is 0 Å². The maximum atomic E-state index is 13.5. The van der Waals surface area contributed by atoms with E-state index in [-0.39, 0.29) is 11.7 Å². The van der Waals surface area contributed by atoms with Crippen molar-refractivity contribution in [2.45, 2.75) is 38.4 Å². The van der Waals surface area contributed by atoms with Gasteiger partial charge in [0.05, 0.1) is 19.3 Å². The van der Waals surface area contributed by atoms with Crippen molar-refractivity contribution in [1.82, 2.24) is 0 Å². The molecule has 31 heavy (non-hydrogen) atoms. The first kappa shape index (κ1) is 21.4. The van der Waals surface area contributed by atoms with Gasteiger partial charge in [-0.25, -0.2) is 0 Å². The summed E-state index contributed by atoms with van der Waals surface area (Å²) in [5.74, 6) is 0.568. The van der Waals surface area contributed by atoms with Crippen molar-refractivity contribution in [3.63, 3.8) is 0 Å².